The quantitative estimate of drug-likeness (QED) is 0.620. The first kappa shape index (κ1) is 13.2. The summed E-state index contributed by atoms with van der Waals surface area (Å²) in [6, 6.07) is 0. The largest absolute Gasteiger partial charge is 0.383 e. The Bertz CT molecular complexity index is 430. The van der Waals surface area contributed by atoms with E-state index in [4.69, 9.17) is 4.74 Å². The van der Waals surface area contributed by atoms with Crippen molar-refractivity contribution >= 4 is 11.7 Å². The highest BCUT2D eigenvalue weighted by Crippen LogP contribution is 1.90. The molecule has 0 spiro atoms. The molecule has 7 nitrogen and oxygen atoms in total. The van der Waals surface area contributed by atoms with Crippen molar-refractivity contribution in [2.45, 2.75) is 0 Å². The summed E-state index contributed by atoms with van der Waals surface area (Å²) in [5, 5.41) is 5.31. The van der Waals surface area contributed by atoms with E-state index in [2.05, 4.69) is 15.6 Å². The minimum absolute atomic E-state index is 0.00989. The summed E-state index contributed by atoms with van der Waals surface area (Å²) in [5.41, 5.74) is -0.266. The zero-order valence-electron chi connectivity index (χ0n) is 9.90. The molecule has 1 aromatic rings. The van der Waals surface area contributed by atoms with Gasteiger partial charge in [-0.25, -0.2) is 4.98 Å². The fourth-order valence-electron chi connectivity index (χ4n) is 1.14. The molecule has 17 heavy (non-hydrogen) atoms. The number of ether oxygens (including phenoxy) is 1. The number of amides is 1. The van der Waals surface area contributed by atoms with Gasteiger partial charge in [-0.05, 0) is 0 Å². The number of nitrogens with one attached hydrogen (secondary N) is 2. The summed E-state index contributed by atoms with van der Waals surface area (Å²) in [4.78, 5) is 26.7. The molecule has 0 radical (unpaired) electrons. The maximum absolute atomic E-state index is 11.5. The number of hydrogen-bond acceptors (Lipinski definition) is 5. The Morgan fingerprint density at radius 1 is 1.59 bits per heavy atom. The van der Waals surface area contributed by atoms with E-state index in [0.717, 1.165) is 0 Å². The smallest absolute Gasteiger partial charge is 0.293 e. The molecule has 1 heterocycles. The Morgan fingerprint density at radius 3 is 3.06 bits per heavy atom. The average molecular weight is 240 g/mol. The number of hydrogen-bond donors (Lipinski definition) is 2. The minimum atomic E-state index is -0.266. The van der Waals surface area contributed by atoms with Crippen molar-refractivity contribution in [3.05, 3.63) is 22.7 Å². The zero-order chi connectivity index (χ0) is 12.7. The lowest BCUT2D eigenvalue weighted by atomic mass is 10.5. The molecule has 2 N–H and O–H groups in total. The van der Waals surface area contributed by atoms with E-state index >= 15 is 0 Å². The molecular formula is C10H16N4O3. The average Bonchev–Trinajstić information content (AvgIpc) is 2.31. The van der Waals surface area contributed by atoms with Gasteiger partial charge in [-0.15, -0.1) is 0 Å². The second kappa shape index (κ2) is 6.64. The fourth-order valence-corrected chi connectivity index (χ4v) is 1.14. The topological polar surface area (TPSA) is 85.2 Å². The van der Waals surface area contributed by atoms with Crippen LogP contribution in [0.15, 0.2) is 17.2 Å². The van der Waals surface area contributed by atoms with Crippen molar-refractivity contribution in [3.8, 4) is 0 Å². The van der Waals surface area contributed by atoms with Gasteiger partial charge in [-0.3, -0.25) is 9.59 Å². The lowest BCUT2D eigenvalue weighted by molar-refractivity contribution is -0.119. The van der Waals surface area contributed by atoms with E-state index < -0.39 is 0 Å². The maximum atomic E-state index is 11.5. The molecule has 0 bridgehead atoms. The number of anilines is 1. The van der Waals surface area contributed by atoms with Crippen molar-refractivity contribution in [2.75, 3.05) is 32.1 Å². The predicted octanol–water partition coefficient (Wildman–Crippen LogP) is -1.05. The third kappa shape index (κ3) is 4.23. The Kier molecular flexibility index (Phi) is 5.15. The third-order valence-electron chi connectivity index (χ3n) is 2.06. The summed E-state index contributed by atoms with van der Waals surface area (Å²) in [6.07, 6.45) is 3.04. The number of methoxy groups -OCH3 is 1. The number of nitrogens with zero attached hydrogens (tertiary/aromatic N) is 2. The molecule has 0 fully saturated rings. The van der Waals surface area contributed by atoms with Gasteiger partial charge in [0.15, 0.2) is 5.82 Å². The van der Waals surface area contributed by atoms with E-state index in [1.165, 1.54) is 10.8 Å². The molecule has 94 valence electrons. The van der Waals surface area contributed by atoms with Crippen LogP contribution in [0.2, 0.25) is 0 Å². The molecule has 7 heteroatoms. The van der Waals surface area contributed by atoms with Crippen LogP contribution in [-0.4, -0.2) is 42.3 Å². The molecule has 1 aromatic heterocycles. The Morgan fingerprint density at radius 2 is 2.35 bits per heavy atom. The molecule has 0 saturated heterocycles. The van der Waals surface area contributed by atoms with E-state index in [-0.39, 0.29) is 23.8 Å². The summed E-state index contributed by atoms with van der Waals surface area (Å²) < 4.78 is 6.18. The minimum Gasteiger partial charge on any atom is -0.383 e. The van der Waals surface area contributed by atoms with Gasteiger partial charge in [0.05, 0.1) is 13.2 Å². The van der Waals surface area contributed by atoms with Gasteiger partial charge in [-0.1, -0.05) is 0 Å². The molecule has 0 atom stereocenters. The maximum Gasteiger partial charge on any atom is 0.293 e. The summed E-state index contributed by atoms with van der Waals surface area (Å²) in [7, 11) is 3.18. The summed E-state index contributed by atoms with van der Waals surface area (Å²) >= 11 is 0. The predicted molar refractivity (Wildman–Crippen MR) is 62.9 cm³/mol. The molecule has 0 unspecified atom stereocenters. The highest BCUT2D eigenvalue weighted by Gasteiger charge is 2.04. The number of aryl methyl sites for hydroxylation is 1. The molecule has 0 saturated carbocycles. The monoisotopic (exact) mass is 240 g/mol. The molecule has 0 aliphatic rings. The third-order valence-corrected chi connectivity index (χ3v) is 2.06. The van der Waals surface area contributed by atoms with Crippen LogP contribution in [0.3, 0.4) is 0 Å². The number of rotatable bonds is 6. The first-order valence-electron chi connectivity index (χ1n) is 5.16. The van der Waals surface area contributed by atoms with Gasteiger partial charge in [-0.2, -0.15) is 0 Å². The van der Waals surface area contributed by atoms with E-state index in [9.17, 15) is 9.59 Å². The SMILES string of the molecule is COCCNC(=O)CNc1nccn(C)c1=O. The first-order chi connectivity index (χ1) is 8.15. The van der Waals surface area contributed by atoms with Gasteiger partial charge in [0.1, 0.15) is 0 Å². The van der Waals surface area contributed by atoms with Crippen LogP contribution in [0.4, 0.5) is 5.82 Å². The van der Waals surface area contributed by atoms with Crippen molar-refractivity contribution in [1.82, 2.24) is 14.9 Å². The van der Waals surface area contributed by atoms with Crippen LogP contribution in [0, 0.1) is 0 Å². The van der Waals surface area contributed by atoms with Crippen molar-refractivity contribution < 1.29 is 9.53 Å². The first-order valence-corrected chi connectivity index (χ1v) is 5.16. The number of carbonyl (C=O) groups is 1. The van der Waals surface area contributed by atoms with Crippen LogP contribution in [-0.2, 0) is 16.6 Å². The van der Waals surface area contributed by atoms with Gasteiger partial charge >= 0.3 is 0 Å². The van der Waals surface area contributed by atoms with Crippen LogP contribution in [0.25, 0.3) is 0 Å². The van der Waals surface area contributed by atoms with Crippen molar-refractivity contribution in [2.24, 2.45) is 7.05 Å². The van der Waals surface area contributed by atoms with Gasteiger partial charge < -0.3 is 19.9 Å². The Balaban J connectivity index is 2.42. The second-order valence-electron chi connectivity index (χ2n) is 3.39. The van der Waals surface area contributed by atoms with E-state index in [0.29, 0.717) is 13.2 Å². The van der Waals surface area contributed by atoms with Gasteiger partial charge in [0.25, 0.3) is 5.56 Å². The highest BCUT2D eigenvalue weighted by molar-refractivity contribution is 5.80. The van der Waals surface area contributed by atoms with Gasteiger partial charge in [0.2, 0.25) is 5.91 Å². The van der Waals surface area contributed by atoms with Crippen LogP contribution >= 0.6 is 0 Å². The van der Waals surface area contributed by atoms with Crippen LogP contribution in [0.5, 0.6) is 0 Å². The van der Waals surface area contributed by atoms with Crippen molar-refractivity contribution in [1.29, 1.82) is 0 Å². The molecule has 1 amide bonds. The molecular weight excluding hydrogens is 224 g/mol. The van der Waals surface area contributed by atoms with Crippen LogP contribution < -0.4 is 16.2 Å². The number of carbonyl (C=O) groups excluding carboxylic acids is 1. The lowest BCUT2D eigenvalue weighted by Crippen LogP contribution is -2.34. The fraction of sp³-hybridized carbons (Fsp3) is 0.500. The van der Waals surface area contributed by atoms with Crippen LogP contribution in [0.1, 0.15) is 0 Å². The normalized spacial score (nSPS) is 10.0. The highest BCUT2D eigenvalue weighted by atomic mass is 16.5. The lowest BCUT2D eigenvalue weighted by Gasteiger charge is -2.06. The summed E-state index contributed by atoms with van der Waals surface area (Å²) in [5.74, 6) is -0.0494. The standard InChI is InChI=1S/C10H16N4O3/c1-14-5-3-12-9(10(14)16)13-7-8(15)11-4-6-17-2/h3,5H,4,6-7H2,1-2H3,(H,11,15)(H,12,13). The zero-order valence-corrected chi connectivity index (χ0v) is 9.90. The van der Waals surface area contributed by atoms with Gasteiger partial charge in [0, 0.05) is 33.1 Å². The van der Waals surface area contributed by atoms with Crippen molar-refractivity contribution in [3.63, 3.8) is 0 Å². The molecule has 0 aromatic carbocycles. The molecule has 0 aliphatic carbocycles. The van der Waals surface area contributed by atoms with E-state index in [1.54, 1.807) is 20.4 Å². The Hall–Kier alpha value is -1.89. The van der Waals surface area contributed by atoms with E-state index in [1.807, 2.05) is 0 Å². The molecule has 1 rings (SSSR count). The Labute approximate surface area is 98.8 Å². The molecule has 0 aliphatic heterocycles. The number of aromatic nitrogens is 2. The second-order valence-corrected chi connectivity index (χ2v) is 3.39. The summed E-state index contributed by atoms with van der Waals surface area (Å²) in [6.45, 7) is 0.907.